The maximum absolute atomic E-state index is 14.1. The van der Waals surface area contributed by atoms with Crippen LogP contribution in [0, 0.1) is 19.7 Å². The van der Waals surface area contributed by atoms with Gasteiger partial charge in [-0.05, 0) is 64.9 Å². The van der Waals surface area contributed by atoms with Crippen molar-refractivity contribution in [1.29, 1.82) is 0 Å². The second-order valence-corrected chi connectivity index (χ2v) is 9.63. The van der Waals surface area contributed by atoms with Gasteiger partial charge in [-0.2, -0.15) is 5.10 Å². The van der Waals surface area contributed by atoms with Gasteiger partial charge in [0.05, 0.1) is 17.9 Å². The molecule has 0 saturated heterocycles. The van der Waals surface area contributed by atoms with Crippen molar-refractivity contribution in [2.24, 2.45) is 0 Å². The van der Waals surface area contributed by atoms with Crippen LogP contribution in [-0.4, -0.2) is 73.4 Å². The Labute approximate surface area is 212 Å². The first kappa shape index (κ1) is 29.2. The number of nitrogens with zero attached hydrogens (tertiary/aromatic N) is 3. The van der Waals surface area contributed by atoms with Crippen LogP contribution in [0.1, 0.15) is 43.2 Å². The Bertz CT molecular complexity index is 1020. The molecule has 36 heavy (non-hydrogen) atoms. The van der Waals surface area contributed by atoms with Crippen LogP contribution in [0.4, 0.5) is 15.0 Å². The summed E-state index contributed by atoms with van der Waals surface area (Å²) in [5, 5.41) is 10.4. The van der Waals surface area contributed by atoms with E-state index in [2.05, 4.69) is 20.3 Å². The second kappa shape index (κ2) is 12.8. The summed E-state index contributed by atoms with van der Waals surface area (Å²) in [6, 6.07) is 3.08. The molecule has 1 aliphatic heterocycles. The van der Waals surface area contributed by atoms with Crippen molar-refractivity contribution in [3.05, 3.63) is 40.3 Å². The van der Waals surface area contributed by atoms with E-state index in [1.165, 1.54) is 14.2 Å². The van der Waals surface area contributed by atoms with E-state index in [0.29, 0.717) is 35.6 Å². The average Bonchev–Trinajstić information content (AvgIpc) is 3.15. The number of aryl methyl sites for hydroxylation is 2. The first-order valence-corrected chi connectivity index (χ1v) is 11.7. The van der Waals surface area contributed by atoms with Gasteiger partial charge in [0.2, 0.25) is 0 Å². The van der Waals surface area contributed by atoms with E-state index in [1.54, 1.807) is 30.7 Å². The van der Waals surface area contributed by atoms with E-state index in [4.69, 9.17) is 14.6 Å². The van der Waals surface area contributed by atoms with Crippen LogP contribution in [0.15, 0.2) is 12.1 Å². The van der Waals surface area contributed by atoms with Gasteiger partial charge >= 0.3 is 6.03 Å². The van der Waals surface area contributed by atoms with Gasteiger partial charge in [0.1, 0.15) is 17.2 Å². The highest BCUT2D eigenvalue weighted by molar-refractivity contribution is 5.89. The number of rotatable bonds is 7. The molecule has 11 heteroatoms. The van der Waals surface area contributed by atoms with E-state index in [1.807, 2.05) is 27.8 Å². The van der Waals surface area contributed by atoms with E-state index in [0.717, 1.165) is 24.2 Å². The van der Waals surface area contributed by atoms with Crippen molar-refractivity contribution in [1.82, 2.24) is 20.0 Å². The standard InChI is InChI=1S/C20H28FN5O3.C5H10O2/c1-12-8-14(9-13(2)18(12)21)26-19(15-11-25(3)7-6-16(15)24-26)23-20(27)22-10-17(28-4)29-5;1-5(2,3)7-4-6/h8-9,17H,6-7,10-11H2,1-5H3,(H2,22,23,27);4H,1-3H3. The molecule has 0 fully saturated rings. The first-order chi connectivity index (χ1) is 16.9. The zero-order valence-electron chi connectivity index (χ0n) is 22.4. The molecule has 0 spiro atoms. The quantitative estimate of drug-likeness (QED) is 0.437. The van der Waals surface area contributed by atoms with Crippen LogP contribution >= 0.6 is 0 Å². The molecular weight excluding hydrogens is 469 g/mol. The predicted molar refractivity (Wildman–Crippen MR) is 135 cm³/mol. The smallest absolute Gasteiger partial charge is 0.320 e. The Morgan fingerprint density at radius 3 is 2.33 bits per heavy atom. The number of halogens is 1. The van der Waals surface area contributed by atoms with Crippen molar-refractivity contribution < 1.29 is 28.2 Å². The SMILES string of the molecule is CC(C)(C)OC=O.COC(CNC(=O)Nc1c2c(nn1-c1cc(C)c(F)c(C)c1)CCN(C)C2)OC. The van der Waals surface area contributed by atoms with E-state index < -0.39 is 12.3 Å². The minimum atomic E-state index is -0.534. The summed E-state index contributed by atoms with van der Waals surface area (Å²) < 4.78 is 30.5. The number of hydrogen-bond acceptors (Lipinski definition) is 7. The third-order valence-electron chi connectivity index (χ3n) is 5.48. The van der Waals surface area contributed by atoms with Gasteiger partial charge in [0, 0.05) is 39.3 Å². The number of hydrogen-bond donors (Lipinski definition) is 2. The fraction of sp³-hybridized carbons (Fsp3) is 0.560. The molecule has 0 saturated carbocycles. The largest absolute Gasteiger partial charge is 0.462 e. The summed E-state index contributed by atoms with van der Waals surface area (Å²) in [5.74, 6) is 0.351. The number of nitrogens with one attached hydrogen (secondary N) is 2. The van der Waals surface area contributed by atoms with Crippen molar-refractivity contribution in [3.8, 4) is 5.69 Å². The number of carbonyl (C=O) groups is 2. The van der Waals surface area contributed by atoms with Gasteiger partial charge in [0.15, 0.2) is 6.29 Å². The van der Waals surface area contributed by atoms with Gasteiger partial charge < -0.3 is 24.4 Å². The molecule has 0 aliphatic carbocycles. The van der Waals surface area contributed by atoms with Crippen LogP contribution in [0.3, 0.4) is 0 Å². The number of anilines is 1. The van der Waals surface area contributed by atoms with Gasteiger partial charge in [0.25, 0.3) is 6.47 Å². The highest BCUT2D eigenvalue weighted by atomic mass is 19.1. The number of urea groups is 1. The molecule has 1 aliphatic rings. The van der Waals surface area contributed by atoms with Crippen molar-refractivity contribution in [2.45, 2.75) is 59.5 Å². The Morgan fingerprint density at radius 2 is 1.83 bits per heavy atom. The zero-order valence-corrected chi connectivity index (χ0v) is 22.4. The number of ether oxygens (including phenoxy) is 3. The summed E-state index contributed by atoms with van der Waals surface area (Å²) >= 11 is 0. The molecule has 3 rings (SSSR count). The Balaban J connectivity index is 0.000000572. The topological polar surface area (TPSA) is 107 Å². The summed E-state index contributed by atoms with van der Waals surface area (Å²) in [5.41, 5.74) is 3.35. The van der Waals surface area contributed by atoms with Gasteiger partial charge in [-0.3, -0.25) is 10.1 Å². The molecule has 2 aromatic rings. The molecule has 2 N–H and O–H groups in total. The molecule has 0 bridgehead atoms. The summed E-state index contributed by atoms with van der Waals surface area (Å²) in [6.45, 7) is 11.1. The molecule has 0 radical (unpaired) electrons. The number of likely N-dealkylation sites (N-methyl/N-ethyl adjacent to an activating group) is 1. The molecule has 2 amide bonds. The van der Waals surface area contributed by atoms with E-state index >= 15 is 0 Å². The third kappa shape index (κ3) is 8.00. The fourth-order valence-electron chi connectivity index (χ4n) is 3.60. The lowest BCUT2D eigenvalue weighted by Gasteiger charge is -2.22. The lowest BCUT2D eigenvalue weighted by Crippen LogP contribution is -2.37. The van der Waals surface area contributed by atoms with Gasteiger partial charge in [-0.15, -0.1) is 0 Å². The van der Waals surface area contributed by atoms with Crippen molar-refractivity contribution in [2.75, 3.05) is 39.7 Å². The summed E-state index contributed by atoms with van der Waals surface area (Å²) in [7, 11) is 5.04. The Hall–Kier alpha value is -3.02. The number of methoxy groups -OCH3 is 2. The predicted octanol–water partition coefficient (Wildman–Crippen LogP) is 3.31. The van der Waals surface area contributed by atoms with Gasteiger partial charge in [-0.1, -0.05) is 0 Å². The number of benzene rings is 1. The Kier molecular flexibility index (Phi) is 10.4. The summed E-state index contributed by atoms with van der Waals surface area (Å²) in [6.07, 6.45) is 0.247. The molecule has 1 aromatic heterocycles. The van der Waals surface area contributed by atoms with Crippen molar-refractivity contribution >= 4 is 18.3 Å². The first-order valence-electron chi connectivity index (χ1n) is 11.7. The maximum Gasteiger partial charge on any atom is 0.320 e. The zero-order chi connectivity index (χ0) is 27.0. The van der Waals surface area contributed by atoms with Crippen LogP contribution in [0.2, 0.25) is 0 Å². The number of carbonyl (C=O) groups excluding carboxylic acids is 2. The normalized spacial score (nSPS) is 13.5. The molecule has 1 aromatic carbocycles. The van der Waals surface area contributed by atoms with E-state index in [-0.39, 0.29) is 18.0 Å². The van der Waals surface area contributed by atoms with E-state index in [9.17, 15) is 14.0 Å². The fourth-order valence-corrected chi connectivity index (χ4v) is 3.60. The minimum Gasteiger partial charge on any atom is -0.462 e. The average molecular weight is 508 g/mol. The lowest BCUT2D eigenvalue weighted by molar-refractivity contribution is -0.138. The summed E-state index contributed by atoms with van der Waals surface area (Å²) in [4.78, 5) is 24.3. The van der Waals surface area contributed by atoms with Crippen LogP contribution in [0.5, 0.6) is 0 Å². The maximum atomic E-state index is 14.1. The highest BCUT2D eigenvalue weighted by Crippen LogP contribution is 2.29. The third-order valence-corrected chi connectivity index (χ3v) is 5.48. The monoisotopic (exact) mass is 507 g/mol. The highest BCUT2D eigenvalue weighted by Gasteiger charge is 2.25. The molecule has 2 heterocycles. The van der Waals surface area contributed by atoms with Crippen LogP contribution in [-0.2, 0) is 32.0 Å². The number of fused-ring (bicyclic) bond motifs is 1. The number of amides is 2. The molecule has 200 valence electrons. The Morgan fingerprint density at radius 1 is 1.22 bits per heavy atom. The minimum absolute atomic E-state index is 0.198. The van der Waals surface area contributed by atoms with Crippen LogP contribution in [0.25, 0.3) is 5.69 Å². The number of aromatic nitrogens is 2. The molecular formula is C25H38FN5O5. The second-order valence-electron chi connectivity index (χ2n) is 9.63. The van der Waals surface area contributed by atoms with Crippen molar-refractivity contribution in [3.63, 3.8) is 0 Å². The lowest BCUT2D eigenvalue weighted by atomic mass is 10.1. The molecule has 10 nitrogen and oxygen atoms in total. The van der Waals surface area contributed by atoms with Crippen LogP contribution < -0.4 is 10.6 Å². The van der Waals surface area contributed by atoms with Gasteiger partial charge in [-0.25, -0.2) is 13.9 Å². The molecule has 0 atom stereocenters. The molecule has 0 unspecified atom stereocenters.